The third-order valence-corrected chi connectivity index (χ3v) is 5.47. The van der Waals surface area contributed by atoms with Gasteiger partial charge in [-0.25, -0.2) is 17.5 Å². The SMILES string of the molecule is C[C@H](NS(=O)(=O)c1ccccc1F)c1ccc(Cl)s1. The second-order valence-corrected chi connectivity index (χ2v) is 7.34. The van der Waals surface area contributed by atoms with Gasteiger partial charge in [0, 0.05) is 4.88 Å². The molecule has 0 saturated heterocycles. The Morgan fingerprint density at radius 1 is 1.26 bits per heavy atom. The zero-order valence-electron chi connectivity index (χ0n) is 9.93. The van der Waals surface area contributed by atoms with Gasteiger partial charge in [0.25, 0.3) is 0 Å². The van der Waals surface area contributed by atoms with Crippen LogP contribution in [0.15, 0.2) is 41.3 Å². The zero-order chi connectivity index (χ0) is 14.0. The molecule has 0 bridgehead atoms. The van der Waals surface area contributed by atoms with Crippen molar-refractivity contribution in [1.82, 2.24) is 4.72 Å². The number of sulfonamides is 1. The summed E-state index contributed by atoms with van der Waals surface area (Å²) in [4.78, 5) is 0.411. The van der Waals surface area contributed by atoms with Gasteiger partial charge >= 0.3 is 0 Å². The Hall–Kier alpha value is -0.950. The van der Waals surface area contributed by atoms with Gasteiger partial charge in [0.05, 0.1) is 10.4 Å². The monoisotopic (exact) mass is 319 g/mol. The van der Waals surface area contributed by atoms with Crippen LogP contribution in [0.4, 0.5) is 4.39 Å². The fourth-order valence-electron chi connectivity index (χ4n) is 1.58. The molecule has 102 valence electrons. The molecule has 0 aliphatic carbocycles. The molecule has 2 aromatic rings. The van der Waals surface area contributed by atoms with Crippen molar-refractivity contribution in [2.75, 3.05) is 0 Å². The predicted molar refractivity (Wildman–Crippen MR) is 74.5 cm³/mol. The minimum atomic E-state index is -3.89. The van der Waals surface area contributed by atoms with E-state index in [2.05, 4.69) is 4.72 Å². The van der Waals surface area contributed by atoms with Crippen molar-refractivity contribution in [3.05, 3.63) is 51.4 Å². The lowest BCUT2D eigenvalue weighted by Crippen LogP contribution is -2.27. The maximum absolute atomic E-state index is 13.5. The number of thiophene rings is 1. The van der Waals surface area contributed by atoms with E-state index in [0.717, 1.165) is 10.9 Å². The second kappa shape index (κ2) is 5.58. The van der Waals surface area contributed by atoms with Gasteiger partial charge in [-0.15, -0.1) is 11.3 Å². The van der Waals surface area contributed by atoms with Gasteiger partial charge in [-0.2, -0.15) is 0 Å². The molecule has 0 saturated carbocycles. The Morgan fingerprint density at radius 3 is 2.53 bits per heavy atom. The van der Waals surface area contributed by atoms with Crippen molar-refractivity contribution in [3.63, 3.8) is 0 Å². The maximum atomic E-state index is 13.5. The van der Waals surface area contributed by atoms with Crippen LogP contribution < -0.4 is 4.72 Å². The summed E-state index contributed by atoms with van der Waals surface area (Å²) >= 11 is 7.08. The van der Waals surface area contributed by atoms with Crippen molar-refractivity contribution in [2.45, 2.75) is 17.9 Å². The third-order valence-electron chi connectivity index (χ3n) is 2.48. The van der Waals surface area contributed by atoms with Crippen LogP contribution in [-0.2, 0) is 10.0 Å². The van der Waals surface area contributed by atoms with Gasteiger partial charge < -0.3 is 0 Å². The van der Waals surface area contributed by atoms with Gasteiger partial charge in [0.15, 0.2) is 0 Å². The fraction of sp³-hybridized carbons (Fsp3) is 0.167. The lowest BCUT2D eigenvalue weighted by molar-refractivity contribution is 0.548. The molecular formula is C12H11ClFNO2S2. The molecule has 0 fully saturated rings. The molecule has 3 nitrogen and oxygen atoms in total. The summed E-state index contributed by atoms with van der Waals surface area (Å²) in [6.07, 6.45) is 0. The summed E-state index contributed by atoms with van der Waals surface area (Å²) in [5.41, 5.74) is 0. The molecular weight excluding hydrogens is 309 g/mol. The number of hydrogen-bond acceptors (Lipinski definition) is 3. The molecule has 1 atom stereocenters. The molecule has 0 aliphatic rings. The van der Waals surface area contributed by atoms with Gasteiger partial charge in [-0.1, -0.05) is 23.7 Å². The number of benzene rings is 1. The Balaban J connectivity index is 2.25. The second-order valence-electron chi connectivity index (χ2n) is 3.92. The molecule has 1 aromatic carbocycles. The van der Waals surface area contributed by atoms with Crippen molar-refractivity contribution < 1.29 is 12.8 Å². The van der Waals surface area contributed by atoms with E-state index >= 15 is 0 Å². The zero-order valence-corrected chi connectivity index (χ0v) is 12.3. The first kappa shape index (κ1) is 14.5. The molecule has 0 radical (unpaired) electrons. The Morgan fingerprint density at radius 2 is 1.95 bits per heavy atom. The molecule has 2 rings (SSSR count). The van der Waals surface area contributed by atoms with E-state index in [1.165, 1.54) is 29.5 Å². The van der Waals surface area contributed by atoms with E-state index in [4.69, 9.17) is 11.6 Å². The highest BCUT2D eigenvalue weighted by atomic mass is 35.5. The van der Waals surface area contributed by atoms with Gasteiger partial charge in [-0.05, 0) is 31.2 Å². The first-order chi connectivity index (χ1) is 8.90. The molecule has 0 aliphatic heterocycles. The van der Waals surface area contributed by atoms with Crippen LogP contribution in [0, 0.1) is 5.82 Å². The van der Waals surface area contributed by atoms with Crippen molar-refractivity contribution in [2.24, 2.45) is 0 Å². The molecule has 0 spiro atoms. The maximum Gasteiger partial charge on any atom is 0.244 e. The van der Waals surface area contributed by atoms with E-state index in [1.807, 2.05) is 0 Å². The Labute approximate surface area is 120 Å². The number of halogens is 2. The summed E-state index contributed by atoms with van der Waals surface area (Å²) in [5, 5.41) is 0. The standard InChI is InChI=1S/C12H11ClFNO2S2/c1-8(10-6-7-12(13)18-10)15-19(16,17)11-5-3-2-4-9(11)14/h2-8,15H,1H3/t8-/m0/s1. The molecule has 7 heteroatoms. The fourth-order valence-corrected chi connectivity index (χ4v) is 4.02. The molecule has 0 unspecified atom stereocenters. The smallest absolute Gasteiger partial charge is 0.207 e. The van der Waals surface area contributed by atoms with E-state index in [-0.39, 0.29) is 4.90 Å². The summed E-state index contributed by atoms with van der Waals surface area (Å²) < 4.78 is 40.6. The summed E-state index contributed by atoms with van der Waals surface area (Å²) in [6, 6.07) is 8.22. The van der Waals surface area contributed by atoms with Crippen LogP contribution in [0.3, 0.4) is 0 Å². The van der Waals surface area contributed by atoms with Crippen molar-refractivity contribution in [1.29, 1.82) is 0 Å². The van der Waals surface area contributed by atoms with Gasteiger partial charge in [-0.3, -0.25) is 0 Å². The van der Waals surface area contributed by atoms with Crippen LogP contribution in [0.1, 0.15) is 17.8 Å². The minimum absolute atomic E-state index is 0.357. The lowest BCUT2D eigenvalue weighted by Gasteiger charge is -2.13. The van der Waals surface area contributed by atoms with Gasteiger partial charge in [0.2, 0.25) is 10.0 Å². The first-order valence-electron chi connectivity index (χ1n) is 5.42. The van der Waals surface area contributed by atoms with E-state index in [1.54, 1.807) is 19.1 Å². The quantitative estimate of drug-likeness (QED) is 0.936. The topological polar surface area (TPSA) is 46.2 Å². The third kappa shape index (κ3) is 3.33. The highest BCUT2D eigenvalue weighted by Gasteiger charge is 2.22. The van der Waals surface area contributed by atoms with Crippen LogP contribution >= 0.6 is 22.9 Å². The average Bonchev–Trinajstić information content (AvgIpc) is 2.76. The molecule has 1 N–H and O–H groups in total. The highest BCUT2D eigenvalue weighted by Crippen LogP contribution is 2.28. The van der Waals surface area contributed by atoms with Crippen LogP contribution in [-0.4, -0.2) is 8.42 Å². The number of nitrogens with one attached hydrogen (secondary N) is 1. The molecule has 0 amide bonds. The summed E-state index contributed by atoms with van der Waals surface area (Å²) in [7, 11) is -3.89. The highest BCUT2D eigenvalue weighted by molar-refractivity contribution is 7.89. The molecule has 19 heavy (non-hydrogen) atoms. The molecule has 1 aromatic heterocycles. The van der Waals surface area contributed by atoms with E-state index in [0.29, 0.717) is 4.34 Å². The molecule has 1 heterocycles. The summed E-state index contributed by atoms with van der Waals surface area (Å²) in [6.45, 7) is 1.68. The van der Waals surface area contributed by atoms with Crippen LogP contribution in [0.2, 0.25) is 4.34 Å². The first-order valence-corrected chi connectivity index (χ1v) is 8.10. The largest absolute Gasteiger partial charge is 0.244 e. The number of hydrogen-bond donors (Lipinski definition) is 1. The van der Waals surface area contributed by atoms with Crippen LogP contribution in [0.25, 0.3) is 0 Å². The minimum Gasteiger partial charge on any atom is -0.207 e. The predicted octanol–water partition coefficient (Wildman–Crippen LogP) is 3.58. The Kier molecular flexibility index (Phi) is 4.25. The van der Waals surface area contributed by atoms with Crippen molar-refractivity contribution >= 4 is 33.0 Å². The van der Waals surface area contributed by atoms with Crippen molar-refractivity contribution in [3.8, 4) is 0 Å². The summed E-state index contributed by atoms with van der Waals surface area (Å²) in [5.74, 6) is -0.772. The normalized spacial score (nSPS) is 13.4. The average molecular weight is 320 g/mol. The van der Waals surface area contributed by atoms with E-state index in [9.17, 15) is 12.8 Å². The van der Waals surface area contributed by atoms with E-state index < -0.39 is 21.9 Å². The van der Waals surface area contributed by atoms with Gasteiger partial charge in [0.1, 0.15) is 10.7 Å². The lowest BCUT2D eigenvalue weighted by atomic mass is 10.3. The van der Waals surface area contributed by atoms with Crippen LogP contribution in [0.5, 0.6) is 0 Å². The number of rotatable bonds is 4. The Bertz CT molecular complexity index is 685.